The highest BCUT2D eigenvalue weighted by molar-refractivity contribution is 8.08. The van der Waals surface area contributed by atoms with Crippen LogP contribution in [0.15, 0.2) is 40.4 Å². The minimum Gasteiger partial charge on any atom is -0.476 e. The van der Waals surface area contributed by atoms with Crippen molar-refractivity contribution in [2.75, 3.05) is 0 Å². The molecule has 1 aromatic carbocycles. The number of carboxylic acid groups (broad SMARTS) is 1. The molecule has 0 amide bonds. The molecule has 0 aliphatic carbocycles. The number of hydrogen-bond acceptors (Lipinski definition) is 5. The molecule has 94 valence electrons. The van der Waals surface area contributed by atoms with E-state index in [-0.39, 0.29) is 5.75 Å². The Bertz CT molecular complexity index is 677. The first-order valence-electron chi connectivity index (χ1n) is 4.61. The van der Waals surface area contributed by atoms with Crippen molar-refractivity contribution in [2.45, 2.75) is 0 Å². The lowest BCUT2D eigenvalue weighted by molar-refractivity contribution is -0.132. The number of aliphatic imine (C=N–C) groups is 1. The van der Waals surface area contributed by atoms with Gasteiger partial charge in [0.15, 0.2) is 5.70 Å². The number of carboxylic acids is 1. The zero-order chi connectivity index (χ0) is 13.3. The molecule has 2 rings (SSSR count). The molecule has 0 fully saturated rings. The molecule has 6 nitrogen and oxygen atoms in total. The van der Waals surface area contributed by atoms with Crippen molar-refractivity contribution in [2.24, 2.45) is 4.99 Å². The van der Waals surface area contributed by atoms with Crippen LogP contribution in [0.2, 0.25) is 0 Å². The van der Waals surface area contributed by atoms with E-state index in [1.165, 1.54) is 12.1 Å². The van der Waals surface area contributed by atoms with Crippen molar-refractivity contribution in [3.8, 4) is 5.75 Å². The van der Waals surface area contributed by atoms with Crippen LogP contribution >= 0.6 is 0 Å². The normalized spacial score (nSPS) is 16.9. The van der Waals surface area contributed by atoms with Crippen LogP contribution in [0.3, 0.4) is 0 Å². The van der Waals surface area contributed by atoms with Gasteiger partial charge in [-0.15, -0.1) is 0 Å². The summed E-state index contributed by atoms with van der Waals surface area (Å²) in [5, 5.41) is 8.31. The van der Waals surface area contributed by atoms with E-state index in [0.717, 1.165) is 12.1 Å². The van der Waals surface area contributed by atoms with E-state index in [2.05, 4.69) is 4.99 Å². The summed E-state index contributed by atoms with van der Waals surface area (Å²) in [4.78, 5) is 13.9. The molecule has 0 atom stereocenters. The summed E-state index contributed by atoms with van der Waals surface area (Å²) in [6, 6.07) is 4.74. The summed E-state index contributed by atoms with van der Waals surface area (Å²) in [5.41, 5.74) is -0.651. The van der Waals surface area contributed by atoms with Gasteiger partial charge in [0.05, 0.1) is 5.41 Å². The van der Waals surface area contributed by atoms with Gasteiger partial charge in [0, 0.05) is 6.07 Å². The Morgan fingerprint density at radius 2 is 2.11 bits per heavy atom. The zero-order valence-corrected chi connectivity index (χ0v) is 9.52. The first-order chi connectivity index (χ1) is 8.38. The third-order valence-electron chi connectivity index (χ3n) is 1.94. The molecule has 0 saturated carbocycles. The van der Waals surface area contributed by atoms with E-state index < -0.39 is 32.6 Å². The van der Waals surface area contributed by atoms with Gasteiger partial charge in [0.2, 0.25) is 0 Å². The van der Waals surface area contributed by atoms with Crippen molar-refractivity contribution in [3.05, 3.63) is 41.2 Å². The fourth-order valence-electron chi connectivity index (χ4n) is 1.20. The Hall–Kier alpha value is -2.22. The highest BCUT2D eigenvalue weighted by Crippen LogP contribution is 2.19. The molecule has 0 radical (unpaired) electrons. The van der Waals surface area contributed by atoms with E-state index in [9.17, 15) is 17.6 Å². The molecule has 1 aromatic rings. The second-order valence-corrected chi connectivity index (χ2v) is 4.97. The second kappa shape index (κ2) is 4.22. The number of rotatable bonds is 2. The highest BCUT2D eigenvalue weighted by Gasteiger charge is 2.30. The summed E-state index contributed by atoms with van der Waals surface area (Å²) in [7, 11) is -4.03. The molecule has 8 heteroatoms. The van der Waals surface area contributed by atoms with Crippen LogP contribution in [-0.4, -0.2) is 24.7 Å². The van der Waals surface area contributed by atoms with Crippen LogP contribution in [0.25, 0.3) is 0 Å². The molecular weight excluding hydrogens is 265 g/mol. The Labute approximate surface area is 101 Å². The first kappa shape index (κ1) is 12.2. The predicted octanol–water partition coefficient (Wildman–Crippen LogP) is 0.915. The molecule has 0 aromatic heterocycles. The lowest BCUT2D eigenvalue weighted by Crippen LogP contribution is -2.16. The number of aliphatic carboxylic acids is 1. The standard InChI is InChI=1S/C10H6FNO5S/c11-6-2-1-3-7(4-6)17-10-12-8(9(13)14)5-18(10,15)16/h1-5H,(H,13,14). The molecule has 0 spiro atoms. The van der Waals surface area contributed by atoms with Crippen molar-refractivity contribution >= 4 is 21.0 Å². The van der Waals surface area contributed by atoms with Crippen LogP contribution in [0.1, 0.15) is 0 Å². The van der Waals surface area contributed by atoms with Crippen molar-refractivity contribution in [1.29, 1.82) is 0 Å². The van der Waals surface area contributed by atoms with Gasteiger partial charge in [-0.1, -0.05) is 6.07 Å². The monoisotopic (exact) mass is 271 g/mol. The number of ether oxygens (including phenoxy) is 1. The third-order valence-corrected chi connectivity index (χ3v) is 3.14. The number of sulfone groups is 1. The number of carbonyl (C=O) groups is 1. The molecule has 0 bridgehead atoms. The van der Waals surface area contributed by atoms with Crippen LogP contribution < -0.4 is 4.74 Å². The summed E-state index contributed by atoms with van der Waals surface area (Å²) >= 11 is 0. The average Bonchev–Trinajstić information content (AvgIpc) is 2.55. The van der Waals surface area contributed by atoms with E-state index in [1.807, 2.05) is 0 Å². The molecule has 1 aliphatic rings. The predicted molar refractivity (Wildman–Crippen MR) is 59.1 cm³/mol. The van der Waals surface area contributed by atoms with E-state index in [4.69, 9.17) is 9.84 Å². The van der Waals surface area contributed by atoms with Gasteiger partial charge in [-0.3, -0.25) is 0 Å². The number of halogens is 1. The van der Waals surface area contributed by atoms with Crippen molar-refractivity contribution < 1.29 is 27.4 Å². The smallest absolute Gasteiger partial charge is 0.355 e. The maximum absolute atomic E-state index is 12.9. The Morgan fingerprint density at radius 1 is 1.39 bits per heavy atom. The van der Waals surface area contributed by atoms with Gasteiger partial charge in [-0.25, -0.2) is 17.6 Å². The minimum atomic E-state index is -4.03. The molecule has 1 heterocycles. The number of nitrogens with zero attached hydrogens (tertiary/aromatic N) is 1. The summed E-state index contributed by atoms with van der Waals surface area (Å²) in [6.45, 7) is 0. The van der Waals surface area contributed by atoms with Gasteiger partial charge in [0.1, 0.15) is 11.6 Å². The van der Waals surface area contributed by atoms with E-state index >= 15 is 0 Å². The topological polar surface area (TPSA) is 93.0 Å². The Kier molecular flexibility index (Phi) is 2.87. The third kappa shape index (κ3) is 2.38. The van der Waals surface area contributed by atoms with Crippen molar-refractivity contribution in [1.82, 2.24) is 0 Å². The zero-order valence-electron chi connectivity index (χ0n) is 8.70. The maximum atomic E-state index is 12.9. The molecular formula is C10H6FNO5S. The minimum absolute atomic E-state index is 0.0858. The fraction of sp³-hybridized carbons (Fsp3) is 0. The van der Waals surface area contributed by atoms with Crippen LogP contribution in [0, 0.1) is 5.82 Å². The Balaban J connectivity index is 2.32. The summed E-state index contributed by atoms with van der Waals surface area (Å²) in [6.07, 6.45) is 0. The van der Waals surface area contributed by atoms with Gasteiger partial charge < -0.3 is 9.84 Å². The van der Waals surface area contributed by atoms with Gasteiger partial charge in [-0.05, 0) is 12.1 Å². The maximum Gasteiger partial charge on any atom is 0.355 e. The largest absolute Gasteiger partial charge is 0.476 e. The van der Waals surface area contributed by atoms with Crippen LogP contribution in [0.4, 0.5) is 4.39 Å². The number of hydrogen-bond donors (Lipinski definition) is 1. The second-order valence-electron chi connectivity index (χ2n) is 3.29. The fourth-order valence-corrected chi connectivity index (χ4v) is 2.18. The molecule has 1 aliphatic heterocycles. The van der Waals surface area contributed by atoms with E-state index in [0.29, 0.717) is 5.41 Å². The van der Waals surface area contributed by atoms with Gasteiger partial charge in [-0.2, -0.15) is 4.99 Å². The lowest BCUT2D eigenvalue weighted by atomic mass is 10.3. The van der Waals surface area contributed by atoms with Crippen LogP contribution in [-0.2, 0) is 14.6 Å². The SMILES string of the molecule is O=C(O)C1=CS(=O)(=O)C(Oc2cccc(F)c2)=N1. The van der Waals surface area contributed by atoms with Gasteiger partial charge >= 0.3 is 11.2 Å². The summed E-state index contributed by atoms with van der Waals surface area (Å²) < 4.78 is 40.7. The average molecular weight is 271 g/mol. The van der Waals surface area contributed by atoms with Gasteiger partial charge in [0.25, 0.3) is 9.84 Å². The first-order valence-corrected chi connectivity index (χ1v) is 6.15. The highest BCUT2D eigenvalue weighted by atomic mass is 32.2. The van der Waals surface area contributed by atoms with E-state index in [1.54, 1.807) is 0 Å². The molecule has 0 saturated heterocycles. The lowest BCUT2D eigenvalue weighted by Gasteiger charge is -2.03. The molecule has 18 heavy (non-hydrogen) atoms. The number of benzene rings is 1. The molecule has 0 unspecified atom stereocenters. The van der Waals surface area contributed by atoms with Crippen molar-refractivity contribution in [3.63, 3.8) is 0 Å². The quantitative estimate of drug-likeness (QED) is 0.863. The van der Waals surface area contributed by atoms with Crippen LogP contribution in [0.5, 0.6) is 5.75 Å². The Morgan fingerprint density at radius 3 is 2.67 bits per heavy atom. The molecule has 1 N–H and O–H groups in total. The summed E-state index contributed by atoms with van der Waals surface area (Å²) in [5.74, 6) is -2.19.